The number of carbonyl (C=O) groups excluding carboxylic acids is 3. The van der Waals surface area contributed by atoms with Gasteiger partial charge in [0, 0.05) is 32.1 Å². The van der Waals surface area contributed by atoms with E-state index in [9.17, 15) is 14.4 Å². The van der Waals surface area contributed by atoms with Crippen LogP contribution in [0, 0.1) is 5.92 Å². The maximum absolute atomic E-state index is 12.0. The molecule has 1 heterocycles. The van der Waals surface area contributed by atoms with E-state index in [1.807, 2.05) is 0 Å². The molecule has 1 aliphatic heterocycles. The summed E-state index contributed by atoms with van der Waals surface area (Å²) in [4.78, 5) is 38.0. The molecule has 0 spiro atoms. The third kappa shape index (κ3) is 2.64. The van der Waals surface area contributed by atoms with Crippen LogP contribution in [-0.2, 0) is 9.59 Å². The standard InChI is InChI=1S/C14H17N3O3/c1-9-7-12(18)17(13(9)19)11-6-4-5-10(8-11)15-14(20)16(2)3/h4-6,8-9H,7H2,1-3H3,(H,15,20). The average Bonchev–Trinajstić information content (AvgIpc) is 2.63. The minimum absolute atomic E-state index is 0.203. The van der Waals surface area contributed by atoms with E-state index in [-0.39, 0.29) is 30.2 Å². The van der Waals surface area contributed by atoms with Gasteiger partial charge in [-0.1, -0.05) is 13.0 Å². The fraction of sp³-hybridized carbons (Fsp3) is 0.357. The Hall–Kier alpha value is -2.37. The van der Waals surface area contributed by atoms with Crippen molar-refractivity contribution >= 4 is 29.2 Å². The van der Waals surface area contributed by atoms with Crippen LogP contribution >= 0.6 is 0 Å². The summed E-state index contributed by atoms with van der Waals surface area (Å²) in [6.07, 6.45) is 0.229. The van der Waals surface area contributed by atoms with E-state index >= 15 is 0 Å². The maximum Gasteiger partial charge on any atom is 0.321 e. The molecular weight excluding hydrogens is 258 g/mol. The molecule has 0 bridgehead atoms. The first kappa shape index (κ1) is 14.0. The highest BCUT2D eigenvalue weighted by Gasteiger charge is 2.36. The summed E-state index contributed by atoms with van der Waals surface area (Å²) in [5.74, 6) is -0.702. The number of nitrogens with one attached hydrogen (secondary N) is 1. The molecule has 1 aromatic carbocycles. The summed E-state index contributed by atoms with van der Waals surface area (Å²) in [5, 5.41) is 2.68. The number of imide groups is 1. The lowest BCUT2D eigenvalue weighted by atomic mass is 10.1. The van der Waals surface area contributed by atoms with Crippen LogP contribution in [0.3, 0.4) is 0 Å². The second kappa shape index (κ2) is 5.32. The van der Waals surface area contributed by atoms with Gasteiger partial charge in [-0.25, -0.2) is 4.79 Å². The smallest absolute Gasteiger partial charge is 0.321 e. The Morgan fingerprint density at radius 2 is 2.05 bits per heavy atom. The molecule has 4 amide bonds. The van der Waals surface area contributed by atoms with Gasteiger partial charge in [0.1, 0.15) is 0 Å². The molecule has 1 aromatic rings. The normalized spacial score (nSPS) is 18.4. The minimum atomic E-state index is -0.289. The fourth-order valence-corrected chi connectivity index (χ4v) is 2.01. The lowest BCUT2D eigenvalue weighted by molar-refractivity contribution is -0.122. The number of nitrogens with zero attached hydrogens (tertiary/aromatic N) is 2. The van der Waals surface area contributed by atoms with Gasteiger partial charge < -0.3 is 10.2 Å². The van der Waals surface area contributed by atoms with Crippen LogP contribution in [0.1, 0.15) is 13.3 Å². The van der Waals surface area contributed by atoms with E-state index in [0.717, 1.165) is 0 Å². The van der Waals surface area contributed by atoms with Crippen molar-refractivity contribution in [2.24, 2.45) is 5.92 Å². The van der Waals surface area contributed by atoms with Gasteiger partial charge in [0.15, 0.2) is 0 Å². The van der Waals surface area contributed by atoms with Crippen molar-refractivity contribution < 1.29 is 14.4 Å². The monoisotopic (exact) mass is 275 g/mol. The zero-order valence-corrected chi connectivity index (χ0v) is 11.7. The Kier molecular flexibility index (Phi) is 3.74. The third-order valence-electron chi connectivity index (χ3n) is 3.13. The van der Waals surface area contributed by atoms with Gasteiger partial charge in [0.25, 0.3) is 0 Å². The van der Waals surface area contributed by atoms with Gasteiger partial charge in [-0.05, 0) is 18.2 Å². The first-order chi connectivity index (χ1) is 9.40. The summed E-state index contributed by atoms with van der Waals surface area (Å²) in [6.45, 7) is 1.73. The fourth-order valence-electron chi connectivity index (χ4n) is 2.01. The number of anilines is 2. The van der Waals surface area contributed by atoms with E-state index < -0.39 is 0 Å². The van der Waals surface area contributed by atoms with Gasteiger partial charge in [-0.2, -0.15) is 0 Å². The van der Waals surface area contributed by atoms with Crippen molar-refractivity contribution in [2.45, 2.75) is 13.3 Å². The van der Waals surface area contributed by atoms with Crippen molar-refractivity contribution in [1.29, 1.82) is 0 Å². The molecule has 1 atom stereocenters. The van der Waals surface area contributed by atoms with E-state index in [0.29, 0.717) is 11.4 Å². The lowest BCUT2D eigenvalue weighted by Crippen LogP contribution is -2.30. The van der Waals surface area contributed by atoms with Crippen LogP contribution < -0.4 is 10.2 Å². The van der Waals surface area contributed by atoms with Crippen molar-refractivity contribution in [3.05, 3.63) is 24.3 Å². The SMILES string of the molecule is CC1CC(=O)N(c2cccc(NC(=O)N(C)C)c2)C1=O. The first-order valence-electron chi connectivity index (χ1n) is 6.35. The minimum Gasteiger partial charge on any atom is -0.331 e. The molecule has 20 heavy (non-hydrogen) atoms. The Morgan fingerprint density at radius 3 is 2.60 bits per heavy atom. The van der Waals surface area contributed by atoms with Crippen LogP contribution in [-0.4, -0.2) is 36.8 Å². The topological polar surface area (TPSA) is 69.7 Å². The van der Waals surface area contributed by atoms with E-state index in [1.165, 1.54) is 9.80 Å². The van der Waals surface area contributed by atoms with Crippen LogP contribution in [0.2, 0.25) is 0 Å². The molecule has 0 aromatic heterocycles. The van der Waals surface area contributed by atoms with Gasteiger partial charge in [0.2, 0.25) is 11.8 Å². The van der Waals surface area contributed by atoms with E-state index in [1.54, 1.807) is 45.3 Å². The zero-order valence-electron chi connectivity index (χ0n) is 11.7. The number of hydrogen-bond donors (Lipinski definition) is 1. The summed E-state index contributed by atoms with van der Waals surface area (Å²) in [5.41, 5.74) is 1.03. The average molecular weight is 275 g/mol. The summed E-state index contributed by atoms with van der Waals surface area (Å²) in [6, 6.07) is 6.44. The van der Waals surface area contributed by atoms with Gasteiger partial charge in [-0.15, -0.1) is 0 Å². The van der Waals surface area contributed by atoms with Gasteiger partial charge in [-0.3, -0.25) is 14.5 Å². The highest BCUT2D eigenvalue weighted by molar-refractivity contribution is 6.21. The summed E-state index contributed by atoms with van der Waals surface area (Å²) < 4.78 is 0. The number of urea groups is 1. The molecule has 6 heteroatoms. The lowest BCUT2D eigenvalue weighted by Gasteiger charge is -2.17. The third-order valence-corrected chi connectivity index (χ3v) is 3.13. The van der Waals surface area contributed by atoms with Crippen LogP contribution in [0.25, 0.3) is 0 Å². The van der Waals surface area contributed by atoms with Crippen LogP contribution in [0.5, 0.6) is 0 Å². The Labute approximate surface area is 117 Å². The largest absolute Gasteiger partial charge is 0.331 e. The van der Waals surface area contributed by atoms with Crippen molar-refractivity contribution in [2.75, 3.05) is 24.3 Å². The Bertz CT molecular complexity index is 569. The number of benzene rings is 1. The predicted octanol–water partition coefficient (Wildman–Crippen LogP) is 1.68. The molecule has 6 nitrogen and oxygen atoms in total. The number of hydrogen-bond acceptors (Lipinski definition) is 3. The van der Waals surface area contributed by atoms with Crippen molar-refractivity contribution in [3.8, 4) is 0 Å². The molecule has 106 valence electrons. The molecule has 1 saturated heterocycles. The molecule has 1 unspecified atom stereocenters. The Balaban J connectivity index is 2.24. The van der Waals surface area contributed by atoms with Gasteiger partial charge >= 0.3 is 6.03 Å². The van der Waals surface area contributed by atoms with E-state index in [4.69, 9.17) is 0 Å². The van der Waals surface area contributed by atoms with Gasteiger partial charge in [0.05, 0.1) is 5.69 Å². The summed E-state index contributed by atoms with van der Waals surface area (Å²) >= 11 is 0. The first-order valence-corrected chi connectivity index (χ1v) is 6.35. The van der Waals surface area contributed by atoms with Crippen molar-refractivity contribution in [1.82, 2.24) is 4.90 Å². The molecule has 0 aliphatic carbocycles. The van der Waals surface area contributed by atoms with Crippen LogP contribution in [0.4, 0.5) is 16.2 Å². The second-order valence-electron chi connectivity index (χ2n) is 5.05. The van der Waals surface area contributed by atoms with Crippen LogP contribution in [0.15, 0.2) is 24.3 Å². The second-order valence-corrected chi connectivity index (χ2v) is 5.05. The molecule has 1 fully saturated rings. The van der Waals surface area contributed by atoms with E-state index in [2.05, 4.69) is 5.32 Å². The molecular formula is C14H17N3O3. The molecule has 1 N–H and O–H groups in total. The highest BCUT2D eigenvalue weighted by Crippen LogP contribution is 2.27. The predicted molar refractivity (Wildman–Crippen MR) is 75.4 cm³/mol. The molecule has 0 radical (unpaired) electrons. The highest BCUT2D eigenvalue weighted by atomic mass is 16.2. The Morgan fingerprint density at radius 1 is 1.35 bits per heavy atom. The molecule has 2 rings (SSSR count). The summed E-state index contributed by atoms with van der Waals surface area (Å²) in [7, 11) is 3.27. The molecule has 1 aliphatic rings. The quantitative estimate of drug-likeness (QED) is 0.835. The number of amides is 4. The molecule has 0 saturated carbocycles. The maximum atomic E-state index is 12.0. The zero-order chi connectivity index (χ0) is 14.9. The number of rotatable bonds is 2. The number of carbonyl (C=O) groups is 3. The van der Waals surface area contributed by atoms with Crippen molar-refractivity contribution in [3.63, 3.8) is 0 Å².